The number of carbonyl (C=O) groups is 1. The van der Waals surface area contributed by atoms with Crippen LogP contribution in [0.3, 0.4) is 0 Å². The van der Waals surface area contributed by atoms with Gasteiger partial charge in [0.2, 0.25) is 5.91 Å². The van der Waals surface area contributed by atoms with E-state index < -0.39 is 0 Å². The number of aromatic nitrogens is 2. The average Bonchev–Trinajstić information content (AvgIpc) is 3.15. The van der Waals surface area contributed by atoms with Gasteiger partial charge in [-0.25, -0.2) is 0 Å². The van der Waals surface area contributed by atoms with E-state index in [2.05, 4.69) is 28.4 Å². The maximum absolute atomic E-state index is 12.5. The molecule has 0 unspecified atom stereocenters. The highest BCUT2D eigenvalue weighted by atomic mass is 16.5. The predicted octanol–water partition coefficient (Wildman–Crippen LogP) is 4.26. The number of carbonyl (C=O) groups excluding carboxylic acids is 1. The molecule has 6 heteroatoms. The zero-order valence-electron chi connectivity index (χ0n) is 18.0. The van der Waals surface area contributed by atoms with Gasteiger partial charge in [-0.05, 0) is 43.0 Å². The number of aryl methyl sites for hydroxylation is 2. The molecule has 1 N–H and O–H groups in total. The highest BCUT2D eigenvalue weighted by molar-refractivity contribution is 5.76. The molecule has 3 aromatic rings. The molecule has 31 heavy (non-hydrogen) atoms. The standard InChI is InChI=1S/C25H29N3O3/c1-28(14-5-9-21-18-22(27-26-21)20-7-3-2-4-8-20)25(29)13-11-19-10-12-23-24(17-19)31-16-6-15-30-23/h2-4,7-8,10,12,17-18H,5-6,9,11,13-16H2,1H3,(H,26,27). The van der Waals surface area contributed by atoms with Gasteiger partial charge < -0.3 is 14.4 Å². The van der Waals surface area contributed by atoms with E-state index in [0.717, 1.165) is 59.8 Å². The van der Waals surface area contributed by atoms with Gasteiger partial charge in [0.15, 0.2) is 11.5 Å². The lowest BCUT2D eigenvalue weighted by Gasteiger charge is -2.17. The molecule has 1 aliphatic heterocycles. The van der Waals surface area contributed by atoms with Gasteiger partial charge in [0.25, 0.3) is 0 Å². The smallest absolute Gasteiger partial charge is 0.222 e. The number of rotatable bonds is 8. The average molecular weight is 420 g/mol. The molecule has 0 aliphatic carbocycles. The lowest BCUT2D eigenvalue weighted by Crippen LogP contribution is -2.28. The quantitative estimate of drug-likeness (QED) is 0.592. The van der Waals surface area contributed by atoms with Crippen LogP contribution in [0.15, 0.2) is 54.6 Å². The molecule has 0 atom stereocenters. The first-order valence-electron chi connectivity index (χ1n) is 10.9. The number of H-pyrrole nitrogens is 1. The highest BCUT2D eigenvalue weighted by Crippen LogP contribution is 2.30. The maximum Gasteiger partial charge on any atom is 0.222 e. The van der Waals surface area contributed by atoms with Crippen molar-refractivity contribution in [1.82, 2.24) is 15.1 Å². The Kier molecular flexibility index (Phi) is 6.87. The van der Waals surface area contributed by atoms with Crippen LogP contribution in [0.2, 0.25) is 0 Å². The number of hydrogen-bond acceptors (Lipinski definition) is 4. The van der Waals surface area contributed by atoms with Gasteiger partial charge in [0, 0.05) is 37.7 Å². The molecule has 2 heterocycles. The first kappa shape index (κ1) is 21.0. The number of nitrogens with zero attached hydrogens (tertiary/aromatic N) is 2. The summed E-state index contributed by atoms with van der Waals surface area (Å²) in [6.07, 6.45) is 3.82. The summed E-state index contributed by atoms with van der Waals surface area (Å²) in [6, 6.07) is 18.2. The van der Waals surface area contributed by atoms with Crippen molar-refractivity contribution < 1.29 is 14.3 Å². The van der Waals surface area contributed by atoms with Crippen LogP contribution in [0.5, 0.6) is 11.5 Å². The molecule has 4 rings (SSSR count). The first-order valence-corrected chi connectivity index (χ1v) is 10.9. The van der Waals surface area contributed by atoms with Crippen LogP contribution in [-0.2, 0) is 17.6 Å². The van der Waals surface area contributed by atoms with Crippen molar-refractivity contribution in [2.45, 2.75) is 32.1 Å². The molecule has 6 nitrogen and oxygen atoms in total. The van der Waals surface area contributed by atoms with E-state index in [1.54, 1.807) is 0 Å². The van der Waals surface area contributed by atoms with Gasteiger partial charge in [-0.1, -0.05) is 36.4 Å². The molecule has 162 valence electrons. The molecule has 2 aromatic carbocycles. The van der Waals surface area contributed by atoms with Crippen LogP contribution < -0.4 is 9.47 Å². The molecule has 0 fully saturated rings. The SMILES string of the molecule is CN(CCCc1cc(-c2ccccc2)n[nH]1)C(=O)CCc1ccc2c(c1)OCCCO2. The van der Waals surface area contributed by atoms with Gasteiger partial charge >= 0.3 is 0 Å². The van der Waals surface area contributed by atoms with Crippen molar-refractivity contribution >= 4 is 5.91 Å². The molecule has 0 saturated heterocycles. The van der Waals surface area contributed by atoms with Crippen molar-refractivity contribution in [2.75, 3.05) is 26.8 Å². The Bertz CT molecular complexity index is 1000. The summed E-state index contributed by atoms with van der Waals surface area (Å²) < 4.78 is 11.4. The molecule has 1 aromatic heterocycles. The summed E-state index contributed by atoms with van der Waals surface area (Å²) in [5.41, 5.74) is 4.24. The van der Waals surface area contributed by atoms with Gasteiger partial charge in [-0.2, -0.15) is 5.10 Å². The zero-order chi connectivity index (χ0) is 21.5. The minimum absolute atomic E-state index is 0.154. The zero-order valence-corrected chi connectivity index (χ0v) is 18.0. The van der Waals surface area contributed by atoms with Crippen LogP contribution in [0.1, 0.15) is 30.5 Å². The van der Waals surface area contributed by atoms with E-state index in [0.29, 0.717) is 26.1 Å². The van der Waals surface area contributed by atoms with Gasteiger partial charge in [-0.3, -0.25) is 9.89 Å². The van der Waals surface area contributed by atoms with E-state index in [1.165, 1.54) is 0 Å². The Morgan fingerprint density at radius 2 is 1.84 bits per heavy atom. The fourth-order valence-electron chi connectivity index (χ4n) is 3.68. The van der Waals surface area contributed by atoms with Gasteiger partial charge in [-0.15, -0.1) is 0 Å². The van der Waals surface area contributed by atoms with Crippen molar-refractivity contribution in [3.63, 3.8) is 0 Å². The van der Waals surface area contributed by atoms with Crippen molar-refractivity contribution in [3.8, 4) is 22.8 Å². The molecular weight excluding hydrogens is 390 g/mol. The summed E-state index contributed by atoms with van der Waals surface area (Å²) in [5.74, 6) is 1.73. The molecular formula is C25H29N3O3. The second-order valence-corrected chi connectivity index (χ2v) is 7.89. The van der Waals surface area contributed by atoms with E-state index in [1.807, 2.05) is 48.3 Å². The number of amides is 1. The number of fused-ring (bicyclic) bond motifs is 1. The third-order valence-corrected chi connectivity index (χ3v) is 5.51. The number of hydrogen-bond donors (Lipinski definition) is 1. The van der Waals surface area contributed by atoms with Gasteiger partial charge in [0.1, 0.15) is 0 Å². The molecule has 1 aliphatic rings. The third kappa shape index (κ3) is 5.66. The Hall–Kier alpha value is -3.28. The number of aromatic amines is 1. The Morgan fingerprint density at radius 1 is 1.03 bits per heavy atom. The Morgan fingerprint density at radius 3 is 2.68 bits per heavy atom. The summed E-state index contributed by atoms with van der Waals surface area (Å²) in [6.45, 7) is 2.07. The Labute approximate surface area is 183 Å². The van der Waals surface area contributed by atoms with Crippen LogP contribution in [0.25, 0.3) is 11.3 Å². The summed E-state index contributed by atoms with van der Waals surface area (Å²) in [4.78, 5) is 14.4. The Balaban J connectivity index is 1.21. The van der Waals surface area contributed by atoms with E-state index >= 15 is 0 Å². The fraction of sp³-hybridized carbons (Fsp3) is 0.360. The minimum Gasteiger partial charge on any atom is -0.490 e. The predicted molar refractivity (Wildman–Crippen MR) is 120 cm³/mol. The topological polar surface area (TPSA) is 67.5 Å². The van der Waals surface area contributed by atoms with Crippen molar-refractivity contribution in [2.24, 2.45) is 0 Å². The molecule has 0 radical (unpaired) electrons. The fourth-order valence-corrected chi connectivity index (χ4v) is 3.68. The third-order valence-electron chi connectivity index (χ3n) is 5.51. The molecule has 1 amide bonds. The number of nitrogens with one attached hydrogen (secondary N) is 1. The second kappa shape index (κ2) is 10.2. The number of benzene rings is 2. The summed E-state index contributed by atoms with van der Waals surface area (Å²) in [7, 11) is 1.87. The van der Waals surface area contributed by atoms with Crippen LogP contribution in [0, 0.1) is 0 Å². The second-order valence-electron chi connectivity index (χ2n) is 7.89. The summed E-state index contributed by atoms with van der Waals surface area (Å²) >= 11 is 0. The van der Waals surface area contributed by atoms with E-state index in [9.17, 15) is 4.79 Å². The normalized spacial score (nSPS) is 12.9. The van der Waals surface area contributed by atoms with Crippen LogP contribution >= 0.6 is 0 Å². The van der Waals surface area contributed by atoms with Crippen molar-refractivity contribution in [3.05, 3.63) is 65.9 Å². The van der Waals surface area contributed by atoms with E-state index in [4.69, 9.17) is 9.47 Å². The van der Waals surface area contributed by atoms with Crippen LogP contribution in [-0.4, -0.2) is 47.8 Å². The van der Waals surface area contributed by atoms with E-state index in [-0.39, 0.29) is 5.91 Å². The maximum atomic E-state index is 12.5. The molecule has 0 bridgehead atoms. The highest BCUT2D eigenvalue weighted by Gasteiger charge is 2.13. The van der Waals surface area contributed by atoms with Crippen molar-refractivity contribution in [1.29, 1.82) is 0 Å². The number of ether oxygens (including phenoxy) is 2. The van der Waals surface area contributed by atoms with Gasteiger partial charge in [0.05, 0.1) is 18.9 Å². The molecule has 0 saturated carbocycles. The molecule has 0 spiro atoms. The summed E-state index contributed by atoms with van der Waals surface area (Å²) in [5, 5.41) is 7.50. The largest absolute Gasteiger partial charge is 0.490 e. The first-order chi connectivity index (χ1) is 15.2. The minimum atomic E-state index is 0.154. The lowest BCUT2D eigenvalue weighted by molar-refractivity contribution is -0.129. The van der Waals surface area contributed by atoms with Crippen LogP contribution in [0.4, 0.5) is 0 Å². The monoisotopic (exact) mass is 419 g/mol. The lowest BCUT2D eigenvalue weighted by atomic mass is 10.1.